The predicted octanol–water partition coefficient (Wildman–Crippen LogP) is 3.88. The van der Waals surface area contributed by atoms with Crippen LogP contribution in [0.4, 0.5) is 0 Å². The van der Waals surface area contributed by atoms with E-state index in [2.05, 4.69) is 15.1 Å². The molecule has 0 aliphatic rings. The Morgan fingerprint density at radius 2 is 2.29 bits per heavy atom. The normalized spacial score (nSPS) is 10.5. The van der Waals surface area contributed by atoms with Gasteiger partial charge in [0.05, 0.1) is 11.3 Å². The minimum Gasteiger partial charge on any atom is -0.356 e. The molecule has 0 saturated carbocycles. The van der Waals surface area contributed by atoms with Crippen molar-refractivity contribution in [3.05, 3.63) is 52.9 Å². The third kappa shape index (κ3) is 3.27. The van der Waals surface area contributed by atoms with E-state index in [1.54, 1.807) is 24.0 Å². The lowest BCUT2D eigenvalue weighted by atomic mass is 10.3. The summed E-state index contributed by atoms with van der Waals surface area (Å²) in [6, 6.07) is 11.3. The van der Waals surface area contributed by atoms with Gasteiger partial charge < -0.3 is 9.51 Å². The van der Waals surface area contributed by atoms with E-state index in [4.69, 9.17) is 21.4 Å². The van der Waals surface area contributed by atoms with Crippen LogP contribution in [0.25, 0.3) is 11.6 Å². The van der Waals surface area contributed by atoms with Crippen LogP contribution in [0.15, 0.2) is 45.9 Å². The summed E-state index contributed by atoms with van der Waals surface area (Å²) in [5.41, 5.74) is 1.16. The number of benzene rings is 1. The molecule has 0 unspecified atom stereocenters. The summed E-state index contributed by atoms with van der Waals surface area (Å²) < 4.78 is 5.18. The van der Waals surface area contributed by atoms with Crippen LogP contribution in [0.1, 0.15) is 11.4 Å². The number of aromatic nitrogens is 3. The zero-order chi connectivity index (χ0) is 14.7. The monoisotopic (exact) mass is 316 g/mol. The van der Waals surface area contributed by atoms with Crippen LogP contribution in [-0.2, 0) is 5.75 Å². The highest BCUT2D eigenvalue weighted by Gasteiger charge is 2.11. The number of nitrogens with one attached hydrogen (secondary N) is 1. The van der Waals surface area contributed by atoms with Gasteiger partial charge in [0.25, 0.3) is 5.89 Å². The molecule has 0 aliphatic heterocycles. The molecule has 3 aromatic rings. The number of hydrogen-bond acceptors (Lipinski definition) is 5. The van der Waals surface area contributed by atoms with Crippen molar-refractivity contribution >= 4 is 23.4 Å². The highest BCUT2D eigenvalue weighted by molar-refractivity contribution is 7.98. The molecule has 7 heteroatoms. The second kappa shape index (κ2) is 6.04. The Labute approximate surface area is 129 Å². The molecular weight excluding hydrogens is 308 g/mol. The van der Waals surface area contributed by atoms with E-state index in [1.165, 1.54) is 0 Å². The number of nitriles is 1. The molecule has 3 rings (SSSR count). The number of hydrogen-bond donors (Lipinski definition) is 1. The minimum atomic E-state index is 0.373. The number of nitrogens with zero attached hydrogens (tertiary/aromatic N) is 3. The lowest BCUT2D eigenvalue weighted by Crippen LogP contribution is -1.84. The maximum absolute atomic E-state index is 8.78. The fourth-order valence-electron chi connectivity index (χ4n) is 1.71. The first-order valence-corrected chi connectivity index (χ1v) is 7.41. The molecule has 0 spiro atoms. The van der Waals surface area contributed by atoms with Gasteiger partial charge in [-0.2, -0.15) is 10.2 Å². The lowest BCUT2D eigenvalue weighted by Gasteiger charge is -1.98. The van der Waals surface area contributed by atoms with Crippen LogP contribution in [0.5, 0.6) is 0 Å². The van der Waals surface area contributed by atoms with Crippen molar-refractivity contribution in [2.75, 3.05) is 0 Å². The maximum atomic E-state index is 8.78. The van der Waals surface area contributed by atoms with Crippen LogP contribution in [0.2, 0.25) is 5.02 Å². The van der Waals surface area contributed by atoms with E-state index in [-0.39, 0.29) is 0 Å². The summed E-state index contributed by atoms with van der Waals surface area (Å²) >= 11 is 7.51. The van der Waals surface area contributed by atoms with Gasteiger partial charge in [-0.3, -0.25) is 0 Å². The molecular formula is C14H9ClN4OS. The Morgan fingerprint density at radius 3 is 3.05 bits per heavy atom. The van der Waals surface area contributed by atoms with Crippen molar-refractivity contribution in [2.24, 2.45) is 0 Å². The summed E-state index contributed by atoms with van der Waals surface area (Å²) in [5, 5.41) is 13.4. The van der Waals surface area contributed by atoms with Gasteiger partial charge in [0.1, 0.15) is 11.8 Å². The van der Waals surface area contributed by atoms with Gasteiger partial charge in [0, 0.05) is 16.1 Å². The van der Waals surface area contributed by atoms with E-state index in [1.807, 2.05) is 30.3 Å². The largest absolute Gasteiger partial charge is 0.356 e. The van der Waals surface area contributed by atoms with E-state index < -0.39 is 0 Å². The van der Waals surface area contributed by atoms with Gasteiger partial charge in [-0.25, -0.2) is 0 Å². The Kier molecular flexibility index (Phi) is 3.95. The predicted molar refractivity (Wildman–Crippen MR) is 79.8 cm³/mol. The standard InChI is InChI=1S/C14H9ClN4OS/c15-10-2-1-3-11(5-10)21-8-13-18-14(20-19-13)12-4-9(6-16)7-17-12/h1-5,7,17H,8H2. The van der Waals surface area contributed by atoms with Crippen molar-refractivity contribution in [1.29, 1.82) is 5.26 Å². The molecule has 0 aliphatic carbocycles. The second-order valence-corrected chi connectivity index (χ2v) is 5.66. The molecule has 0 amide bonds. The first-order chi connectivity index (χ1) is 10.2. The average Bonchev–Trinajstić information content (AvgIpc) is 3.14. The Balaban J connectivity index is 1.69. The number of H-pyrrole nitrogens is 1. The Hall–Kier alpha value is -2.23. The Bertz CT molecular complexity index is 805. The third-order valence-electron chi connectivity index (χ3n) is 2.67. The number of halogens is 1. The van der Waals surface area contributed by atoms with Gasteiger partial charge >= 0.3 is 0 Å². The fourth-order valence-corrected chi connectivity index (χ4v) is 2.76. The molecule has 1 N–H and O–H groups in total. The molecule has 0 radical (unpaired) electrons. The molecule has 2 heterocycles. The van der Waals surface area contributed by atoms with E-state index in [0.717, 1.165) is 4.90 Å². The molecule has 0 fully saturated rings. The topological polar surface area (TPSA) is 78.5 Å². The molecule has 2 aromatic heterocycles. The molecule has 21 heavy (non-hydrogen) atoms. The SMILES string of the molecule is N#Cc1c[nH]c(-c2nc(CSc3cccc(Cl)c3)no2)c1. The van der Waals surface area contributed by atoms with Crippen LogP contribution in [-0.4, -0.2) is 15.1 Å². The number of aromatic amines is 1. The fraction of sp³-hybridized carbons (Fsp3) is 0.0714. The van der Waals surface area contributed by atoms with Crippen LogP contribution in [0.3, 0.4) is 0 Å². The third-order valence-corrected chi connectivity index (χ3v) is 3.90. The zero-order valence-electron chi connectivity index (χ0n) is 10.7. The molecule has 0 atom stereocenters. The van der Waals surface area contributed by atoms with Crippen molar-refractivity contribution in [2.45, 2.75) is 10.6 Å². The van der Waals surface area contributed by atoms with Crippen molar-refractivity contribution in [3.63, 3.8) is 0 Å². The van der Waals surface area contributed by atoms with Crippen molar-refractivity contribution in [3.8, 4) is 17.7 Å². The first-order valence-electron chi connectivity index (χ1n) is 6.04. The second-order valence-electron chi connectivity index (χ2n) is 4.18. The highest BCUT2D eigenvalue weighted by atomic mass is 35.5. The number of rotatable bonds is 4. The molecule has 104 valence electrons. The highest BCUT2D eigenvalue weighted by Crippen LogP contribution is 2.25. The van der Waals surface area contributed by atoms with E-state index in [9.17, 15) is 0 Å². The van der Waals surface area contributed by atoms with Crippen LogP contribution < -0.4 is 0 Å². The van der Waals surface area contributed by atoms with Crippen molar-refractivity contribution < 1.29 is 4.52 Å². The summed E-state index contributed by atoms with van der Waals surface area (Å²) in [5.74, 6) is 1.54. The summed E-state index contributed by atoms with van der Waals surface area (Å²) in [7, 11) is 0. The van der Waals surface area contributed by atoms with E-state index >= 15 is 0 Å². The number of thioether (sulfide) groups is 1. The van der Waals surface area contributed by atoms with Crippen molar-refractivity contribution in [1.82, 2.24) is 15.1 Å². The zero-order valence-corrected chi connectivity index (χ0v) is 12.3. The average molecular weight is 317 g/mol. The quantitative estimate of drug-likeness (QED) is 0.739. The smallest absolute Gasteiger partial charge is 0.274 e. The van der Waals surface area contributed by atoms with Gasteiger partial charge in [-0.15, -0.1) is 11.8 Å². The molecule has 5 nitrogen and oxygen atoms in total. The van der Waals surface area contributed by atoms with Gasteiger partial charge in [0.2, 0.25) is 0 Å². The first kappa shape index (κ1) is 13.7. The lowest BCUT2D eigenvalue weighted by molar-refractivity contribution is 0.424. The molecule has 0 bridgehead atoms. The maximum Gasteiger partial charge on any atom is 0.274 e. The van der Waals surface area contributed by atoms with Gasteiger partial charge in [-0.1, -0.05) is 22.8 Å². The molecule has 0 saturated heterocycles. The summed E-state index contributed by atoms with van der Waals surface area (Å²) in [6.07, 6.45) is 1.60. The van der Waals surface area contributed by atoms with E-state index in [0.29, 0.717) is 33.7 Å². The summed E-state index contributed by atoms with van der Waals surface area (Å²) in [6.45, 7) is 0. The Morgan fingerprint density at radius 1 is 1.38 bits per heavy atom. The minimum absolute atomic E-state index is 0.373. The van der Waals surface area contributed by atoms with Gasteiger partial charge in [-0.05, 0) is 24.3 Å². The molecule has 1 aromatic carbocycles. The van der Waals surface area contributed by atoms with Crippen LogP contribution in [0, 0.1) is 11.3 Å². The summed E-state index contributed by atoms with van der Waals surface area (Å²) in [4.78, 5) is 8.26. The van der Waals surface area contributed by atoms with Crippen LogP contribution >= 0.6 is 23.4 Å². The van der Waals surface area contributed by atoms with Gasteiger partial charge in [0.15, 0.2) is 5.82 Å².